The fourth-order valence-electron chi connectivity index (χ4n) is 3.34. The van der Waals surface area contributed by atoms with Gasteiger partial charge in [-0.05, 0) is 64.3 Å². The minimum absolute atomic E-state index is 0.197. The Kier molecular flexibility index (Phi) is 8.52. The number of carbonyl (C=O) groups is 3. The number of ether oxygens (including phenoxy) is 2. The van der Waals surface area contributed by atoms with E-state index in [1.807, 2.05) is 0 Å². The van der Waals surface area contributed by atoms with E-state index in [1.165, 1.54) is 19.3 Å². The maximum atomic E-state index is 13.1. The summed E-state index contributed by atoms with van der Waals surface area (Å²) in [4.78, 5) is 38.7. The van der Waals surface area contributed by atoms with Crippen LogP contribution in [0.3, 0.4) is 0 Å². The minimum Gasteiger partial charge on any atom is -0.493 e. The average molecular weight is 536 g/mol. The second-order valence-electron chi connectivity index (χ2n) is 7.38. The smallest absolute Gasteiger partial charge is 0.335 e. The Balaban J connectivity index is 1.89. The van der Waals surface area contributed by atoms with E-state index in [9.17, 15) is 14.4 Å². The highest BCUT2D eigenvalue weighted by Crippen LogP contribution is 2.37. The van der Waals surface area contributed by atoms with Crippen molar-refractivity contribution in [1.82, 2.24) is 5.32 Å². The first-order chi connectivity index (χ1) is 15.8. The number of urea groups is 1. The molecule has 0 saturated carbocycles. The average Bonchev–Trinajstić information content (AvgIpc) is 2.77. The minimum atomic E-state index is -0.838. The number of methoxy groups -OCH3 is 1. The number of halogens is 2. The van der Waals surface area contributed by atoms with E-state index in [-0.39, 0.29) is 11.3 Å². The predicted octanol–water partition coefficient (Wildman–Crippen LogP) is 5.74. The van der Waals surface area contributed by atoms with Crippen LogP contribution in [0, 0.1) is 0 Å². The molecule has 1 aliphatic heterocycles. The third-order valence-electron chi connectivity index (χ3n) is 4.98. The van der Waals surface area contributed by atoms with Gasteiger partial charge in [-0.2, -0.15) is 0 Å². The first-order valence-corrected chi connectivity index (χ1v) is 11.7. The van der Waals surface area contributed by atoms with Crippen LogP contribution in [-0.4, -0.2) is 31.6 Å². The number of amides is 4. The lowest BCUT2D eigenvalue weighted by molar-refractivity contribution is -0.122. The van der Waals surface area contributed by atoms with Crippen LogP contribution in [0.1, 0.15) is 38.2 Å². The van der Waals surface area contributed by atoms with Crippen molar-refractivity contribution in [2.75, 3.05) is 18.6 Å². The van der Waals surface area contributed by atoms with Gasteiger partial charge < -0.3 is 9.47 Å². The first-order valence-electron chi connectivity index (χ1n) is 10.5. The molecule has 0 spiro atoms. The van der Waals surface area contributed by atoms with Crippen molar-refractivity contribution < 1.29 is 23.9 Å². The number of imide groups is 2. The van der Waals surface area contributed by atoms with Crippen molar-refractivity contribution in [3.05, 3.63) is 57.0 Å². The van der Waals surface area contributed by atoms with Crippen molar-refractivity contribution in [2.45, 2.75) is 32.6 Å². The molecule has 174 valence electrons. The molecule has 0 aliphatic carbocycles. The topological polar surface area (TPSA) is 84.9 Å². The Morgan fingerprint density at radius 3 is 2.61 bits per heavy atom. The van der Waals surface area contributed by atoms with Crippen LogP contribution in [0.5, 0.6) is 11.5 Å². The number of barbiturate groups is 1. The highest BCUT2D eigenvalue weighted by molar-refractivity contribution is 9.10. The van der Waals surface area contributed by atoms with Gasteiger partial charge in [-0.25, -0.2) is 9.69 Å². The Morgan fingerprint density at radius 1 is 1.12 bits per heavy atom. The standard InChI is InChI=1S/C24H24BrClN2O5/c1-3-4-5-6-10-33-21-19(25)12-15(13-20(21)32-2)11-18-22(29)27-24(31)28(23(18)30)17-9-7-8-16(26)14-17/h7-9,11-14H,3-6,10H2,1-2H3,(H,27,29,31)/b18-11+. The molecule has 0 radical (unpaired) electrons. The van der Waals surface area contributed by atoms with Gasteiger partial charge in [0, 0.05) is 5.02 Å². The molecule has 9 heteroatoms. The van der Waals surface area contributed by atoms with Gasteiger partial charge in [-0.1, -0.05) is 43.9 Å². The van der Waals surface area contributed by atoms with E-state index in [0.29, 0.717) is 33.2 Å². The van der Waals surface area contributed by atoms with Gasteiger partial charge in [-0.3, -0.25) is 14.9 Å². The SMILES string of the molecule is CCCCCCOc1c(Br)cc(/C=C2\C(=O)NC(=O)N(c3cccc(Cl)c3)C2=O)cc1OC. The number of carbonyl (C=O) groups excluding carboxylic acids is 3. The molecular weight excluding hydrogens is 512 g/mol. The van der Waals surface area contributed by atoms with E-state index in [2.05, 4.69) is 28.2 Å². The summed E-state index contributed by atoms with van der Waals surface area (Å²) >= 11 is 9.48. The van der Waals surface area contributed by atoms with Gasteiger partial charge in [0.05, 0.1) is 23.9 Å². The summed E-state index contributed by atoms with van der Waals surface area (Å²) < 4.78 is 12.0. The van der Waals surface area contributed by atoms with Gasteiger partial charge >= 0.3 is 6.03 Å². The maximum absolute atomic E-state index is 13.1. The lowest BCUT2D eigenvalue weighted by atomic mass is 10.1. The van der Waals surface area contributed by atoms with Crippen LogP contribution < -0.4 is 19.7 Å². The Hall–Kier alpha value is -2.84. The summed E-state index contributed by atoms with van der Waals surface area (Å²) in [6.07, 6.45) is 5.71. The number of nitrogens with one attached hydrogen (secondary N) is 1. The zero-order valence-corrected chi connectivity index (χ0v) is 20.7. The summed E-state index contributed by atoms with van der Waals surface area (Å²) in [6.45, 7) is 2.70. The van der Waals surface area contributed by atoms with Crippen LogP contribution in [-0.2, 0) is 9.59 Å². The van der Waals surface area contributed by atoms with E-state index < -0.39 is 17.8 Å². The van der Waals surface area contributed by atoms with E-state index in [0.717, 1.165) is 30.6 Å². The molecule has 1 N–H and O–H groups in total. The molecule has 0 unspecified atom stereocenters. The second-order valence-corrected chi connectivity index (χ2v) is 8.67. The number of anilines is 1. The van der Waals surface area contributed by atoms with E-state index in [1.54, 1.807) is 30.3 Å². The van der Waals surface area contributed by atoms with Crippen LogP contribution in [0.2, 0.25) is 5.02 Å². The third-order valence-corrected chi connectivity index (χ3v) is 5.80. The molecule has 0 bridgehead atoms. The zero-order chi connectivity index (χ0) is 24.0. The normalized spacial score (nSPS) is 15.1. The first kappa shape index (κ1) is 24.8. The Bertz CT molecular complexity index is 1100. The van der Waals surface area contributed by atoms with Crippen molar-refractivity contribution in [1.29, 1.82) is 0 Å². The zero-order valence-electron chi connectivity index (χ0n) is 18.3. The Labute approximate surface area is 205 Å². The largest absolute Gasteiger partial charge is 0.493 e. The van der Waals surface area contributed by atoms with Gasteiger partial charge in [0.25, 0.3) is 11.8 Å². The molecule has 1 aliphatic rings. The second kappa shape index (κ2) is 11.3. The monoisotopic (exact) mass is 534 g/mol. The lowest BCUT2D eigenvalue weighted by Gasteiger charge is -2.26. The van der Waals surface area contributed by atoms with Gasteiger partial charge in [0.15, 0.2) is 11.5 Å². The van der Waals surface area contributed by atoms with Crippen LogP contribution in [0.4, 0.5) is 10.5 Å². The van der Waals surface area contributed by atoms with Gasteiger partial charge in [-0.15, -0.1) is 0 Å². The molecule has 33 heavy (non-hydrogen) atoms. The molecule has 7 nitrogen and oxygen atoms in total. The number of rotatable bonds is 9. The van der Waals surface area contributed by atoms with Gasteiger partial charge in [0.2, 0.25) is 0 Å². The summed E-state index contributed by atoms with van der Waals surface area (Å²) in [6, 6.07) is 8.81. The summed E-state index contributed by atoms with van der Waals surface area (Å²) in [5, 5.41) is 2.55. The van der Waals surface area contributed by atoms with Crippen LogP contribution in [0.25, 0.3) is 6.08 Å². The number of hydrogen-bond donors (Lipinski definition) is 1. The predicted molar refractivity (Wildman–Crippen MR) is 131 cm³/mol. The molecule has 0 atom stereocenters. The summed E-state index contributed by atoms with van der Waals surface area (Å²) in [5.41, 5.74) is 0.585. The lowest BCUT2D eigenvalue weighted by Crippen LogP contribution is -2.54. The third kappa shape index (κ3) is 5.94. The van der Waals surface area contributed by atoms with Crippen molar-refractivity contribution in [3.8, 4) is 11.5 Å². The number of benzene rings is 2. The highest BCUT2D eigenvalue weighted by Gasteiger charge is 2.37. The van der Waals surface area contributed by atoms with Crippen molar-refractivity contribution in [2.24, 2.45) is 0 Å². The van der Waals surface area contributed by atoms with Crippen LogP contribution in [0.15, 0.2) is 46.4 Å². The van der Waals surface area contributed by atoms with Gasteiger partial charge in [0.1, 0.15) is 5.57 Å². The van der Waals surface area contributed by atoms with Crippen molar-refractivity contribution in [3.63, 3.8) is 0 Å². The summed E-state index contributed by atoms with van der Waals surface area (Å²) in [5.74, 6) is -0.531. The molecule has 3 rings (SSSR count). The maximum Gasteiger partial charge on any atom is 0.335 e. The fourth-order valence-corrected chi connectivity index (χ4v) is 4.10. The molecule has 2 aromatic carbocycles. The number of nitrogens with zero attached hydrogens (tertiary/aromatic N) is 1. The van der Waals surface area contributed by atoms with E-state index in [4.69, 9.17) is 21.1 Å². The molecule has 1 fully saturated rings. The molecule has 1 heterocycles. The number of unbranched alkanes of at least 4 members (excludes halogenated alkanes) is 3. The molecule has 1 saturated heterocycles. The quantitative estimate of drug-likeness (QED) is 0.252. The van der Waals surface area contributed by atoms with Crippen molar-refractivity contribution >= 4 is 57.1 Å². The molecule has 0 aromatic heterocycles. The molecule has 4 amide bonds. The summed E-state index contributed by atoms with van der Waals surface area (Å²) in [7, 11) is 1.51. The molecular formula is C24H24BrClN2O5. The molecule has 2 aromatic rings. The highest BCUT2D eigenvalue weighted by atomic mass is 79.9. The van der Waals surface area contributed by atoms with E-state index >= 15 is 0 Å². The fraction of sp³-hybridized carbons (Fsp3) is 0.292. The Morgan fingerprint density at radius 2 is 1.91 bits per heavy atom. The number of hydrogen-bond acceptors (Lipinski definition) is 5. The van der Waals surface area contributed by atoms with Crippen LogP contribution >= 0.6 is 27.5 Å².